The summed E-state index contributed by atoms with van der Waals surface area (Å²) in [6, 6.07) is 5.58. The molecule has 1 aliphatic carbocycles. The minimum Gasteiger partial charge on any atom is -0.469 e. The first-order valence-corrected chi connectivity index (χ1v) is 7.98. The van der Waals surface area contributed by atoms with Gasteiger partial charge in [0.1, 0.15) is 0 Å². The van der Waals surface area contributed by atoms with Crippen LogP contribution < -0.4 is 5.32 Å². The number of carbonyl (C=O) groups excluding carboxylic acids is 2. The Morgan fingerprint density at radius 2 is 2.09 bits per heavy atom. The van der Waals surface area contributed by atoms with E-state index in [0.717, 1.165) is 37.8 Å². The second-order valence-electron chi connectivity index (χ2n) is 5.76. The molecule has 120 valence electrons. The van der Waals surface area contributed by atoms with Crippen molar-refractivity contribution in [1.29, 1.82) is 0 Å². The quantitative estimate of drug-likeness (QED) is 0.669. The molecule has 1 saturated carbocycles. The number of amides is 1. The van der Waals surface area contributed by atoms with Crippen molar-refractivity contribution in [2.45, 2.75) is 51.0 Å². The summed E-state index contributed by atoms with van der Waals surface area (Å²) in [5.41, 5.74) is 0.906. The van der Waals surface area contributed by atoms with Gasteiger partial charge in [-0.05, 0) is 31.4 Å². The van der Waals surface area contributed by atoms with Gasteiger partial charge in [0.15, 0.2) is 0 Å². The second kappa shape index (κ2) is 8.51. The van der Waals surface area contributed by atoms with Gasteiger partial charge in [0.2, 0.25) is 5.91 Å². The fourth-order valence-electron chi connectivity index (χ4n) is 2.98. The van der Waals surface area contributed by atoms with Crippen molar-refractivity contribution in [2.24, 2.45) is 5.92 Å². The minimum atomic E-state index is -0.216. The molecule has 1 aromatic rings. The molecule has 1 N–H and O–H groups in total. The number of methoxy groups -OCH3 is 1. The zero-order valence-corrected chi connectivity index (χ0v) is 13.1. The van der Waals surface area contributed by atoms with E-state index in [1.54, 1.807) is 6.20 Å². The summed E-state index contributed by atoms with van der Waals surface area (Å²) in [6.07, 6.45) is 7.52. The lowest BCUT2D eigenvalue weighted by Crippen LogP contribution is -2.43. The molecule has 1 aliphatic rings. The highest BCUT2D eigenvalue weighted by Crippen LogP contribution is 2.24. The summed E-state index contributed by atoms with van der Waals surface area (Å²) in [5.74, 6) is -0.449. The maximum Gasteiger partial charge on any atom is 0.310 e. The molecule has 1 aromatic heterocycles. The Hall–Kier alpha value is -1.91. The van der Waals surface area contributed by atoms with Gasteiger partial charge in [0, 0.05) is 24.4 Å². The van der Waals surface area contributed by atoms with Gasteiger partial charge in [-0.2, -0.15) is 0 Å². The van der Waals surface area contributed by atoms with Crippen LogP contribution in [-0.4, -0.2) is 30.0 Å². The van der Waals surface area contributed by atoms with Crippen LogP contribution in [0.1, 0.15) is 44.2 Å². The van der Waals surface area contributed by atoms with Crippen LogP contribution in [0.15, 0.2) is 24.4 Å². The van der Waals surface area contributed by atoms with E-state index in [-0.39, 0.29) is 23.8 Å². The fraction of sp³-hybridized carbons (Fsp3) is 0.588. The molecule has 2 atom stereocenters. The van der Waals surface area contributed by atoms with E-state index < -0.39 is 0 Å². The number of rotatable bonds is 5. The van der Waals surface area contributed by atoms with E-state index in [9.17, 15) is 9.59 Å². The predicted octanol–water partition coefficient (Wildman–Crippen LogP) is 2.25. The van der Waals surface area contributed by atoms with E-state index in [4.69, 9.17) is 4.74 Å². The van der Waals surface area contributed by atoms with Crippen LogP contribution in [0, 0.1) is 5.92 Å². The van der Waals surface area contributed by atoms with Gasteiger partial charge in [0.05, 0.1) is 13.0 Å². The van der Waals surface area contributed by atoms with Gasteiger partial charge >= 0.3 is 5.97 Å². The molecule has 2 unspecified atom stereocenters. The van der Waals surface area contributed by atoms with Gasteiger partial charge in [-0.3, -0.25) is 14.6 Å². The molecule has 1 heterocycles. The number of nitrogens with one attached hydrogen (secondary N) is 1. The van der Waals surface area contributed by atoms with Crippen LogP contribution in [0.5, 0.6) is 0 Å². The number of hydrogen-bond donors (Lipinski definition) is 1. The first kappa shape index (κ1) is 16.5. The number of ether oxygens (including phenoxy) is 1. The van der Waals surface area contributed by atoms with Crippen LogP contribution >= 0.6 is 0 Å². The third kappa shape index (κ3) is 4.83. The highest BCUT2D eigenvalue weighted by molar-refractivity contribution is 5.78. The SMILES string of the molecule is COC(=O)C1CCCCCC1NC(=O)CCc1ccccn1. The summed E-state index contributed by atoms with van der Waals surface area (Å²) in [7, 11) is 1.41. The van der Waals surface area contributed by atoms with Crippen molar-refractivity contribution in [3.63, 3.8) is 0 Å². The highest BCUT2D eigenvalue weighted by atomic mass is 16.5. The Morgan fingerprint density at radius 3 is 2.82 bits per heavy atom. The summed E-state index contributed by atoms with van der Waals surface area (Å²) in [4.78, 5) is 28.3. The maximum atomic E-state index is 12.2. The van der Waals surface area contributed by atoms with Gasteiger partial charge in [0.25, 0.3) is 0 Å². The average Bonchev–Trinajstić information content (AvgIpc) is 2.78. The average molecular weight is 304 g/mol. The molecule has 1 amide bonds. The third-order valence-corrected chi connectivity index (χ3v) is 4.20. The Morgan fingerprint density at radius 1 is 1.27 bits per heavy atom. The van der Waals surface area contributed by atoms with Crippen LogP contribution in [0.25, 0.3) is 0 Å². The molecule has 0 bridgehead atoms. The molecular weight excluding hydrogens is 280 g/mol. The van der Waals surface area contributed by atoms with Crippen molar-refractivity contribution in [2.75, 3.05) is 7.11 Å². The standard InChI is InChI=1S/C17H24N2O3/c1-22-17(21)14-8-3-2-4-9-15(14)19-16(20)11-10-13-7-5-6-12-18-13/h5-7,12,14-15H,2-4,8-11H2,1H3,(H,19,20). The molecule has 0 spiro atoms. The zero-order valence-electron chi connectivity index (χ0n) is 13.1. The number of nitrogens with zero attached hydrogens (tertiary/aromatic N) is 1. The fourth-order valence-corrected chi connectivity index (χ4v) is 2.98. The summed E-state index contributed by atoms with van der Waals surface area (Å²) < 4.78 is 4.89. The van der Waals surface area contributed by atoms with Gasteiger partial charge < -0.3 is 10.1 Å². The van der Waals surface area contributed by atoms with Crippen LogP contribution in [0.3, 0.4) is 0 Å². The first-order chi connectivity index (χ1) is 10.7. The van der Waals surface area contributed by atoms with Crippen molar-refractivity contribution >= 4 is 11.9 Å². The molecule has 0 saturated heterocycles. The number of esters is 1. The molecule has 5 heteroatoms. The lowest BCUT2D eigenvalue weighted by molar-refractivity contribution is -0.147. The monoisotopic (exact) mass is 304 g/mol. The van der Waals surface area contributed by atoms with Crippen molar-refractivity contribution in [3.8, 4) is 0 Å². The molecule has 5 nitrogen and oxygen atoms in total. The minimum absolute atomic E-state index is 0.0218. The normalized spacial score (nSPS) is 21.7. The lowest BCUT2D eigenvalue weighted by Gasteiger charge is -2.24. The van der Waals surface area contributed by atoms with Gasteiger partial charge in [-0.1, -0.05) is 25.3 Å². The number of aryl methyl sites for hydroxylation is 1. The number of carbonyl (C=O) groups is 2. The molecular formula is C17H24N2O3. The Labute approximate surface area is 131 Å². The lowest BCUT2D eigenvalue weighted by atomic mass is 9.94. The van der Waals surface area contributed by atoms with E-state index in [1.165, 1.54) is 7.11 Å². The van der Waals surface area contributed by atoms with E-state index >= 15 is 0 Å². The Bertz CT molecular complexity index is 490. The van der Waals surface area contributed by atoms with Crippen LogP contribution in [-0.2, 0) is 20.7 Å². The summed E-state index contributed by atoms with van der Waals surface area (Å²) in [6.45, 7) is 0. The van der Waals surface area contributed by atoms with E-state index in [2.05, 4.69) is 10.3 Å². The topological polar surface area (TPSA) is 68.3 Å². The zero-order chi connectivity index (χ0) is 15.8. The number of pyridine rings is 1. The smallest absolute Gasteiger partial charge is 0.310 e. The van der Waals surface area contributed by atoms with E-state index in [0.29, 0.717) is 12.8 Å². The highest BCUT2D eigenvalue weighted by Gasteiger charge is 2.31. The molecule has 1 fully saturated rings. The molecule has 0 radical (unpaired) electrons. The second-order valence-corrected chi connectivity index (χ2v) is 5.76. The molecule has 0 aromatic carbocycles. The largest absolute Gasteiger partial charge is 0.469 e. The van der Waals surface area contributed by atoms with Crippen molar-refractivity contribution in [1.82, 2.24) is 10.3 Å². The summed E-state index contributed by atoms with van der Waals surface area (Å²) in [5, 5.41) is 3.03. The van der Waals surface area contributed by atoms with Crippen molar-refractivity contribution in [3.05, 3.63) is 30.1 Å². The third-order valence-electron chi connectivity index (χ3n) is 4.20. The van der Waals surface area contributed by atoms with Gasteiger partial charge in [-0.25, -0.2) is 0 Å². The Balaban J connectivity index is 1.88. The van der Waals surface area contributed by atoms with Crippen molar-refractivity contribution < 1.29 is 14.3 Å². The van der Waals surface area contributed by atoms with Crippen LogP contribution in [0.4, 0.5) is 0 Å². The first-order valence-electron chi connectivity index (χ1n) is 7.98. The van der Waals surface area contributed by atoms with Crippen LogP contribution in [0.2, 0.25) is 0 Å². The predicted molar refractivity (Wildman–Crippen MR) is 83.1 cm³/mol. The maximum absolute atomic E-state index is 12.2. The van der Waals surface area contributed by atoms with Gasteiger partial charge in [-0.15, -0.1) is 0 Å². The molecule has 0 aliphatic heterocycles. The number of hydrogen-bond acceptors (Lipinski definition) is 4. The van der Waals surface area contributed by atoms with E-state index in [1.807, 2.05) is 18.2 Å². The summed E-state index contributed by atoms with van der Waals surface area (Å²) >= 11 is 0. The number of aromatic nitrogens is 1. The molecule has 22 heavy (non-hydrogen) atoms. The molecule has 2 rings (SSSR count). The Kier molecular flexibility index (Phi) is 6.37.